The summed E-state index contributed by atoms with van der Waals surface area (Å²) in [6.45, 7) is 7.11. The number of nitrogens with zero attached hydrogens (tertiary/aromatic N) is 3. The Morgan fingerprint density at radius 2 is 1.94 bits per heavy atom. The van der Waals surface area contributed by atoms with Gasteiger partial charge in [0.05, 0.1) is 24.8 Å². The fourth-order valence-corrected chi connectivity index (χ4v) is 5.16. The van der Waals surface area contributed by atoms with Gasteiger partial charge in [0.15, 0.2) is 0 Å². The average Bonchev–Trinajstić information content (AvgIpc) is 3.48. The first-order valence-electron chi connectivity index (χ1n) is 11.9. The number of benzene rings is 1. The minimum absolute atomic E-state index is 0.152. The lowest BCUT2D eigenvalue weighted by molar-refractivity contribution is -0.133. The van der Waals surface area contributed by atoms with Crippen LogP contribution in [0.3, 0.4) is 0 Å². The van der Waals surface area contributed by atoms with Crippen molar-refractivity contribution < 1.29 is 14.3 Å². The molecule has 0 radical (unpaired) electrons. The topological polar surface area (TPSA) is 54.9 Å². The van der Waals surface area contributed by atoms with E-state index in [1.807, 2.05) is 11.8 Å². The van der Waals surface area contributed by atoms with Crippen LogP contribution in [0.4, 0.5) is 5.82 Å². The lowest BCUT2D eigenvalue weighted by Gasteiger charge is -2.32. The summed E-state index contributed by atoms with van der Waals surface area (Å²) in [7, 11) is 0. The standard InChI is InChI=1S/C25H33N3O3/c1-2-24(29)28(17-22-7-4-10-31-22)16-21-14-20-13-18-5-3-6-19(18)15-23(20)26-25(21)27-8-11-30-12-9-27/h13-15,22H,2-12,16-17H2,1H3. The van der Waals surface area contributed by atoms with Gasteiger partial charge < -0.3 is 19.3 Å². The third-order valence-corrected chi connectivity index (χ3v) is 6.86. The van der Waals surface area contributed by atoms with Gasteiger partial charge in [-0.1, -0.05) is 6.92 Å². The van der Waals surface area contributed by atoms with Gasteiger partial charge in [-0.05, 0) is 61.4 Å². The number of amides is 1. The van der Waals surface area contributed by atoms with Crippen LogP contribution in [0.25, 0.3) is 10.9 Å². The van der Waals surface area contributed by atoms with E-state index in [0.717, 1.165) is 75.5 Å². The van der Waals surface area contributed by atoms with Crippen LogP contribution in [0.15, 0.2) is 18.2 Å². The van der Waals surface area contributed by atoms with Crippen molar-refractivity contribution in [3.63, 3.8) is 0 Å². The zero-order valence-electron chi connectivity index (χ0n) is 18.6. The molecule has 6 nitrogen and oxygen atoms in total. The van der Waals surface area contributed by atoms with E-state index in [-0.39, 0.29) is 12.0 Å². The molecule has 3 aliphatic rings. The molecule has 3 heterocycles. The number of anilines is 1. The lowest BCUT2D eigenvalue weighted by Crippen LogP contribution is -2.39. The molecule has 5 rings (SSSR count). The number of aromatic nitrogens is 1. The highest BCUT2D eigenvalue weighted by molar-refractivity contribution is 5.84. The smallest absolute Gasteiger partial charge is 0.222 e. The Morgan fingerprint density at radius 3 is 2.68 bits per heavy atom. The molecule has 0 spiro atoms. The highest BCUT2D eigenvalue weighted by atomic mass is 16.5. The monoisotopic (exact) mass is 423 g/mol. The van der Waals surface area contributed by atoms with Crippen LogP contribution >= 0.6 is 0 Å². The number of morpholine rings is 1. The third-order valence-electron chi connectivity index (χ3n) is 6.86. The Kier molecular flexibility index (Phi) is 6.10. The minimum Gasteiger partial charge on any atom is -0.378 e. The molecule has 2 saturated heterocycles. The molecule has 2 fully saturated rings. The second-order valence-electron chi connectivity index (χ2n) is 9.00. The third kappa shape index (κ3) is 4.41. The van der Waals surface area contributed by atoms with Gasteiger partial charge in [-0.3, -0.25) is 4.79 Å². The van der Waals surface area contributed by atoms with Crippen molar-refractivity contribution in [3.05, 3.63) is 34.9 Å². The molecule has 166 valence electrons. The number of fused-ring (bicyclic) bond motifs is 2. The summed E-state index contributed by atoms with van der Waals surface area (Å²) in [6.07, 6.45) is 6.32. The Labute approximate surface area is 184 Å². The number of carbonyl (C=O) groups is 1. The van der Waals surface area contributed by atoms with Crippen LogP contribution in [-0.2, 0) is 33.7 Å². The van der Waals surface area contributed by atoms with E-state index in [2.05, 4.69) is 23.1 Å². The molecule has 6 heteroatoms. The SMILES string of the molecule is CCC(=O)N(Cc1cc2cc3c(cc2nc1N1CCOCC1)CCC3)CC1CCCO1. The van der Waals surface area contributed by atoms with Gasteiger partial charge in [-0.15, -0.1) is 0 Å². The van der Waals surface area contributed by atoms with Crippen molar-refractivity contribution in [2.75, 3.05) is 44.4 Å². The summed E-state index contributed by atoms with van der Waals surface area (Å²) < 4.78 is 11.4. The predicted molar refractivity (Wildman–Crippen MR) is 121 cm³/mol. The molecule has 1 aromatic heterocycles. The van der Waals surface area contributed by atoms with Crippen molar-refractivity contribution in [1.82, 2.24) is 9.88 Å². The van der Waals surface area contributed by atoms with Crippen LogP contribution in [0, 0.1) is 0 Å². The van der Waals surface area contributed by atoms with Crippen LogP contribution in [0.1, 0.15) is 49.3 Å². The molecule has 1 aliphatic carbocycles. The number of aryl methyl sites for hydroxylation is 2. The highest BCUT2D eigenvalue weighted by Crippen LogP contribution is 2.31. The van der Waals surface area contributed by atoms with Gasteiger partial charge >= 0.3 is 0 Å². The Bertz CT molecular complexity index is 949. The number of pyridine rings is 1. The zero-order valence-corrected chi connectivity index (χ0v) is 18.6. The Hall–Kier alpha value is -2.18. The molecule has 1 atom stereocenters. The Balaban J connectivity index is 1.52. The maximum atomic E-state index is 12.8. The van der Waals surface area contributed by atoms with E-state index in [9.17, 15) is 4.79 Å². The molecule has 1 unspecified atom stereocenters. The summed E-state index contributed by atoms with van der Waals surface area (Å²) in [5, 5.41) is 1.19. The lowest BCUT2D eigenvalue weighted by atomic mass is 10.0. The minimum atomic E-state index is 0.152. The molecule has 0 N–H and O–H groups in total. The van der Waals surface area contributed by atoms with Crippen molar-refractivity contribution in [3.8, 4) is 0 Å². The van der Waals surface area contributed by atoms with E-state index < -0.39 is 0 Å². The average molecular weight is 424 g/mol. The highest BCUT2D eigenvalue weighted by Gasteiger charge is 2.25. The molecule has 2 aliphatic heterocycles. The van der Waals surface area contributed by atoms with Gasteiger partial charge in [0.25, 0.3) is 0 Å². The molecular formula is C25H33N3O3. The van der Waals surface area contributed by atoms with Crippen LogP contribution in [0.5, 0.6) is 0 Å². The summed E-state index contributed by atoms with van der Waals surface area (Å²) in [6, 6.07) is 6.88. The predicted octanol–water partition coefficient (Wildman–Crippen LogP) is 3.48. The molecular weight excluding hydrogens is 390 g/mol. The van der Waals surface area contributed by atoms with E-state index in [4.69, 9.17) is 14.5 Å². The van der Waals surface area contributed by atoms with Gasteiger partial charge in [0.2, 0.25) is 5.91 Å². The summed E-state index contributed by atoms with van der Waals surface area (Å²) in [4.78, 5) is 22.3. The van der Waals surface area contributed by atoms with Gasteiger partial charge in [0, 0.05) is 50.2 Å². The number of hydrogen-bond acceptors (Lipinski definition) is 5. The largest absolute Gasteiger partial charge is 0.378 e. The first-order chi connectivity index (χ1) is 15.2. The normalized spacial score (nSPS) is 20.9. The molecule has 1 aromatic carbocycles. The fraction of sp³-hybridized carbons (Fsp3) is 0.600. The van der Waals surface area contributed by atoms with E-state index in [1.54, 1.807) is 0 Å². The van der Waals surface area contributed by atoms with Crippen LogP contribution in [0.2, 0.25) is 0 Å². The maximum absolute atomic E-state index is 12.8. The summed E-state index contributed by atoms with van der Waals surface area (Å²) in [5.74, 6) is 1.19. The number of ether oxygens (including phenoxy) is 2. The van der Waals surface area contributed by atoms with E-state index in [0.29, 0.717) is 19.5 Å². The fourth-order valence-electron chi connectivity index (χ4n) is 5.16. The molecule has 31 heavy (non-hydrogen) atoms. The van der Waals surface area contributed by atoms with Crippen molar-refractivity contribution in [1.29, 1.82) is 0 Å². The Morgan fingerprint density at radius 1 is 1.13 bits per heavy atom. The first kappa shape index (κ1) is 20.7. The van der Waals surface area contributed by atoms with Crippen LogP contribution in [-0.4, -0.2) is 61.3 Å². The summed E-state index contributed by atoms with van der Waals surface area (Å²) in [5.41, 5.74) is 5.10. The van der Waals surface area contributed by atoms with Gasteiger partial charge in [-0.2, -0.15) is 0 Å². The van der Waals surface area contributed by atoms with E-state index >= 15 is 0 Å². The second kappa shape index (κ2) is 9.13. The van der Waals surface area contributed by atoms with Crippen molar-refractivity contribution in [2.45, 2.75) is 58.1 Å². The summed E-state index contributed by atoms with van der Waals surface area (Å²) >= 11 is 0. The maximum Gasteiger partial charge on any atom is 0.222 e. The molecule has 1 amide bonds. The van der Waals surface area contributed by atoms with Gasteiger partial charge in [-0.25, -0.2) is 4.98 Å². The van der Waals surface area contributed by atoms with Crippen molar-refractivity contribution in [2.24, 2.45) is 0 Å². The van der Waals surface area contributed by atoms with Crippen LogP contribution < -0.4 is 4.90 Å². The molecule has 2 aromatic rings. The molecule has 0 bridgehead atoms. The number of hydrogen-bond donors (Lipinski definition) is 0. The number of rotatable bonds is 6. The van der Waals surface area contributed by atoms with E-state index in [1.165, 1.54) is 22.9 Å². The first-order valence-corrected chi connectivity index (χ1v) is 11.9. The number of carbonyl (C=O) groups excluding carboxylic acids is 1. The van der Waals surface area contributed by atoms with Gasteiger partial charge in [0.1, 0.15) is 5.82 Å². The quantitative estimate of drug-likeness (QED) is 0.712. The van der Waals surface area contributed by atoms with Crippen molar-refractivity contribution >= 4 is 22.6 Å². The molecule has 0 saturated carbocycles. The zero-order chi connectivity index (χ0) is 21.2. The second-order valence-corrected chi connectivity index (χ2v) is 9.00.